The zero-order valence-corrected chi connectivity index (χ0v) is 7.85. The monoisotopic (exact) mass is 188 g/mol. The lowest BCUT2D eigenvalue weighted by molar-refractivity contribution is 0.718. The quantitative estimate of drug-likeness (QED) is 0.720. The van der Waals surface area contributed by atoms with Crippen molar-refractivity contribution in [3.05, 3.63) is 30.2 Å². The second-order valence-electron chi connectivity index (χ2n) is 3.68. The fourth-order valence-electron chi connectivity index (χ4n) is 1.96. The SMILES string of the molecule is c1cnc2cc(C3CCNC3)nn2c1. The van der Waals surface area contributed by atoms with Gasteiger partial charge >= 0.3 is 0 Å². The van der Waals surface area contributed by atoms with E-state index >= 15 is 0 Å². The van der Waals surface area contributed by atoms with Gasteiger partial charge in [-0.25, -0.2) is 9.50 Å². The van der Waals surface area contributed by atoms with Crippen molar-refractivity contribution in [3.63, 3.8) is 0 Å². The molecule has 0 amide bonds. The molecule has 0 aromatic carbocycles. The molecule has 14 heavy (non-hydrogen) atoms. The summed E-state index contributed by atoms with van der Waals surface area (Å²) in [5.41, 5.74) is 2.10. The van der Waals surface area contributed by atoms with Crippen LogP contribution in [0.25, 0.3) is 5.65 Å². The molecular weight excluding hydrogens is 176 g/mol. The molecule has 1 aliphatic rings. The topological polar surface area (TPSA) is 42.2 Å². The first kappa shape index (κ1) is 7.94. The van der Waals surface area contributed by atoms with E-state index in [2.05, 4.69) is 21.5 Å². The third-order valence-electron chi connectivity index (χ3n) is 2.73. The molecule has 2 aromatic rings. The lowest BCUT2D eigenvalue weighted by Gasteiger charge is -2.01. The van der Waals surface area contributed by atoms with Gasteiger partial charge in [-0.2, -0.15) is 5.10 Å². The van der Waals surface area contributed by atoms with E-state index in [1.54, 1.807) is 6.20 Å². The Bertz CT molecular complexity index is 409. The Morgan fingerprint density at radius 3 is 3.29 bits per heavy atom. The van der Waals surface area contributed by atoms with Gasteiger partial charge in [0.1, 0.15) is 0 Å². The third kappa shape index (κ3) is 1.19. The van der Waals surface area contributed by atoms with E-state index in [1.165, 1.54) is 6.42 Å². The minimum Gasteiger partial charge on any atom is -0.316 e. The summed E-state index contributed by atoms with van der Waals surface area (Å²) in [7, 11) is 0. The van der Waals surface area contributed by atoms with E-state index in [0.717, 1.165) is 24.4 Å². The highest BCUT2D eigenvalue weighted by Crippen LogP contribution is 2.21. The summed E-state index contributed by atoms with van der Waals surface area (Å²) < 4.78 is 1.84. The highest BCUT2D eigenvalue weighted by Gasteiger charge is 2.19. The van der Waals surface area contributed by atoms with Gasteiger partial charge in [-0.1, -0.05) is 0 Å². The van der Waals surface area contributed by atoms with Gasteiger partial charge < -0.3 is 5.32 Å². The summed E-state index contributed by atoms with van der Waals surface area (Å²) >= 11 is 0. The van der Waals surface area contributed by atoms with Crippen LogP contribution in [0.4, 0.5) is 0 Å². The van der Waals surface area contributed by atoms with Crippen LogP contribution >= 0.6 is 0 Å². The molecule has 0 radical (unpaired) electrons. The molecule has 3 heterocycles. The molecule has 0 spiro atoms. The summed E-state index contributed by atoms with van der Waals surface area (Å²) in [6.07, 6.45) is 4.92. The van der Waals surface area contributed by atoms with Crippen molar-refractivity contribution in [1.82, 2.24) is 19.9 Å². The Hall–Kier alpha value is -1.42. The predicted octanol–water partition coefficient (Wildman–Crippen LogP) is 0.806. The Morgan fingerprint density at radius 1 is 1.50 bits per heavy atom. The molecule has 0 aliphatic carbocycles. The van der Waals surface area contributed by atoms with Gasteiger partial charge in [0.15, 0.2) is 5.65 Å². The van der Waals surface area contributed by atoms with Crippen LogP contribution in [0.3, 0.4) is 0 Å². The zero-order chi connectivity index (χ0) is 9.38. The normalized spacial score (nSPS) is 21.9. The first-order valence-corrected chi connectivity index (χ1v) is 4.94. The Labute approximate surface area is 82.0 Å². The maximum atomic E-state index is 4.51. The number of hydrogen-bond acceptors (Lipinski definition) is 3. The largest absolute Gasteiger partial charge is 0.316 e. The second-order valence-corrected chi connectivity index (χ2v) is 3.68. The molecule has 1 atom stereocenters. The molecule has 2 aromatic heterocycles. The number of nitrogens with zero attached hydrogens (tertiary/aromatic N) is 3. The van der Waals surface area contributed by atoms with Crippen LogP contribution in [-0.2, 0) is 0 Å². The van der Waals surface area contributed by atoms with Gasteiger partial charge in [0.2, 0.25) is 0 Å². The lowest BCUT2D eigenvalue weighted by Crippen LogP contribution is -2.08. The second kappa shape index (κ2) is 3.06. The number of hydrogen-bond donors (Lipinski definition) is 1. The minimum absolute atomic E-state index is 0.566. The van der Waals surface area contributed by atoms with Gasteiger partial charge in [0.25, 0.3) is 0 Å². The van der Waals surface area contributed by atoms with Crippen molar-refractivity contribution in [1.29, 1.82) is 0 Å². The summed E-state index contributed by atoms with van der Waals surface area (Å²) in [5, 5.41) is 7.85. The Kier molecular flexibility index (Phi) is 1.73. The van der Waals surface area contributed by atoms with E-state index in [0.29, 0.717) is 5.92 Å². The van der Waals surface area contributed by atoms with Crippen molar-refractivity contribution >= 4 is 5.65 Å². The zero-order valence-electron chi connectivity index (χ0n) is 7.85. The molecule has 72 valence electrons. The first-order chi connectivity index (χ1) is 6.93. The predicted molar refractivity (Wildman–Crippen MR) is 53.2 cm³/mol. The molecular formula is C10H12N4. The third-order valence-corrected chi connectivity index (χ3v) is 2.73. The molecule has 4 heteroatoms. The van der Waals surface area contributed by atoms with Crippen molar-refractivity contribution in [2.24, 2.45) is 0 Å². The summed E-state index contributed by atoms with van der Waals surface area (Å²) in [6.45, 7) is 2.15. The van der Waals surface area contributed by atoms with Crippen molar-refractivity contribution in [2.75, 3.05) is 13.1 Å². The molecule has 1 aliphatic heterocycles. The van der Waals surface area contributed by atoms with Gasteiger partial charge in [0.05, 0.1) is 5.69 Å². The molecule has 1 unspecified atom stereocenters. The summed E-state index contributed by atoms with van der Waals surface area (Å²) in [6, 6.07) is 3.98. The van der Waals surface area contributed by atoms with E-state index in [1.807, 2.05) is 16.8 Å². The van der Waals surface area contributed by atoms with Crippen molar-refractivity contribution < 1.29 is 0 Å². The minimum atomic E-state index is 0.566. The smallest absolute Gasteiger partial charge is 0.155 e. The maximum Gasteiger partial charge on any atom is 0.155 e. The van der Waals surface area contributed by atoms with Gasteiger partial charge in [-0.3, -0.25) is 0 Å². The van der Waals surface area contributed by atoms with E-state index in [9.17, 15) is 0 Å². The average Bonchev–Trinajstić information content (AvgIpc) is 2.86. The summed E-state index contributed by atoms with van der Waals surface area (Å²) in [4.78, 5) is 4.25. The summed E-state index contributed by atoms with van der Waals surface area (Å²) in [5.74, 6) is 0.566. The van der Waals surface area contributed by atoms with Crippen LogP contribution < -0.4 is 5.32 Å². The molecule has 1 N–H and O–H groups in total. The number of rotatable bonds is 1. The number of aromatic nitrogens is 3. The lowest BCUT2D eigenvalue weighted by atomic mass is 10.1. The van der Waals surface area contributed by atoms with Crippen molar-refractivity contribution in [2.45, 2.75) is 12.3 Å². The molecule has 0 saturated carbocycles. The highest BCUT2D eigenvalue weighted by atomic mass is 15.2. The van der Waals surface area contributed by atoms with E-state index < -0.39 is 0 Å². The highest BCUT2D eigenvalue weighted by molar-refractivity contribution is 5.39. The van der Waals surface area contributed by atoms with Crippen LogP contribution in [-0.4, -0.2) is 27.7 Å². The standard InChI is InChI=1S/C10H12N4/c1-3-12-10-6-9(13-14(10)5-1)8-2-4-11-7-8/h1,3,5-6,8,11H,2,4,7H2. The fourth-order valence-corrected chi connectivity index (χ4v) is 1.96. The van der Waals surface area contributed by atoms with Crippen LogP contribution in [0.2, 0.25) is 0 Å². The van der Waals surface area contributed by atoms with Crippen molar-refractivity contribution in [3.8, 4) is 0 Å². The van der Waals surface area contributed by atoms with Gasteiger partial charge in [0, 0.05) is 30.9 Å². The Balaban J connectivity index is 2.05. The van der Waals surface area contributed by atoms with E-state index in [4.69, 9.17) is 0 Å². The molecule has 3 rings (SSSR count). The van der Waals surface area contributed by atoms with Gasteiger partial charge in [-0.15, -0.1) is 0 Å². The first-order valence-electron chi connectivity index (χ1n) is 4.94. The maximum absolute atomic E-state index is 4.51. The van der Waals surface area contributed by atoms with Crippen LogP contribution in [0.15, 0.2) is 24.5 Å². The molecule has 4 nitrogen and oxygen atoms in total. The fraction of sp³-hybridized carbons (Fsp3) is 0.400. The van der Waals surface area contributed by atoms with E-state index in [-0.39, 0.29) is 0 Å². The van der Waals surface area contributed by atoms with Crippen LogP contribution in [0.1, 0.15) is 18.0 Å². The van der Waals surface area contributed by atoms with Gasteiger partial charge in [-0.05, 0) is 19.0 Å². The average molecular weight is 188 g/mol. The number of fused-ring (bicyclic) bond motifs is 1. The Morgan fingerprint density at radius 2 is 2.50 bits per heavy atom. The number of nitrogens with one attached hydrogen (secondary N) is 1. The van der Waals surface area contributed by atoms with Crippen LogP contribution in [0, 0.1) is 0 Å². The van der Waals surface area contributed by atoms with Crippen LogP contribution in [0.5, 0.6) is 0 Å². The molecule has 0 bridgehead atoms. The molecule has 1 saturated heterocycles. The molecule has 1 fully saturated rings.